The molecule has 4 heterocycles. The summed E-state index contributed by atoms with van der Waals surface area (Å²) in [6, 6.07) is 23.3. The number of carbonyl (C=O) groups excluding carboxylic acids is 3. The monoisotopic (exact) mass is 812 g/mol. The lowest BCUT2D eigenvalue weighted by atomic mass is 10.0. The molecule has 2 aliphatic heterocycles. The number of methoxy groups -OCH3 is 1. The highest BCUT2D eigenvalue weighted by molar-refractivity contribution is 6.34. The number of hydrogen-bond donors (Lipinski definition) is 3. The van der Waals surface area contributed by atoms with Gasteiger partial charge in [-0.1, -0.05) is 47.5 Å². The number of nitrogens with zero attached hydrogens (tertiary/aromatic N) is 4. The Bertz CT molecular complexity index is 2630. The number of esters is 1. The summed E-state index contributed by atoms with van der Waals surface area (Å²) >= 11 is 12.3. The van der Waals surface area contributed by atoms with Crippen LogP contribution in [-0.4, -0.2) is 91.1 Å². The number of benzene rings is 4. The lowest BCUT2D eigenvalue weighted by Crippen LogP contribution is -2.40. The number of rotatable bonds is 6. The van der Waals surface area contributed by atoms with Crippen molar-refractivity contribution in [3.63, 3.8) is 0 Å². The first-order chi connectivity index (χ1) is 27.4. The maximum absolute atomic E-state index is 12.8. The Morgan fingerprint density at radius 2 is 1.04 bits per heavy atom. The van der Waals surface area contributed by atoms with Gasteiger partial charge in [-0.3, -0.25) is 18.7 Å². The van der Waals surface area contributed by atoms with Gasteiger partial charge in [-0.05, 0) is 86.3 Å². The molecule has 2 saturated heterocycles. The number of fused-ring (bicyclic) bond motifs is 2. The van der Waals surface area contributed by atoms with E-state index >= 15 is 0 Å². The Labute approximate surface area is 335 Å². The van der Waals surface area contributed by atoms with Crippen molar-refractivity contribution in [2.24, 2.45) is 0 Å². The van der Waals surface area contributed by atoms with Crippen molar-refractivity contribution in [3.8, 4) is 0 Å². The van der Waals surface area contributed by atoms with Crippen molar-refractivity contribution in [2.45, 2.75) is 37.8 Å². The molecule has 0 saturated carbocycles. The van der Waals surface area contributed by atoms with Gasteiger partial charge in [0, 0.05) is 38.3 Å². The van der Waals surface area contributed by atoms with E-state index in [1.165, 1.54) is 19.2 Å². The summed E-state index contributed by atoms with van der Waals surface area (Å²) in [5, 5.41) is 10.1. The highest BCUT2D eigenvalue weighted by Crippen LogP contribution is 2.29. The first-order valence-corrected chi connectivity index (χ1v) is 19.1. The van der Waals surface area contributed by atoms with Crippen LogP contribution in [0.5, 0.6) is 0 Å². The van der Waals surface area contributed by atoms with E-state index in [4.69, 9.17) is 27.9 Å². The molecular weight excluding hydrogens is 775 g/mol. The average Bonchev–Trinajstić information content (AvgIpc) is 3.74. The highest BCUT2D eigenvalue weighted by Gasteiger charge is 2.29. The van der Waals surface area contributed by atoms with Crippen molar-refractivity contribution in [1.82, 2.24) is 28.9 Å². The zero-order valence-electron chi connectivity index (χ0n) is 30.7. The lowest BCUT2D eigenvalue weighted by molar-refractivity contribution is 0.0598. The number of likely N-dealkylation sites (tertiary alicyclic amines) is 2. The number of aromatic carboxylic acids is 1. The highest BCUT2D eigenvalue weighted by atomic mass is 35.5. The predicted molar refractivity (Wildman–Crippen MR) is 215 cm³/mol. The van der Waals surface area contributed by atoms with Crippen LogP contribution in [0.4, 0.5) is 0 Å². The van der Waals surface area contributed by atoms with E-state index in [1.54, 1.807) is 91.7 Å². The minimum Gasteiger partial charge on any atom is -0.478 e. The third-order valence-electron chi connectivity index (χ3n) is 10.5. The Balaban J connectivity index is 0.000000174. The fraction of sp³-hybridized carbons (Fsp3) is 0.268. The number of nitrogens with one attached hydrogen (secondary N) is 2. The molecule has 0 aliphatic carbocycles. The molecule has 2 aliphatic rings. The van der Waals surface area contributed by atoms with Crippen LogP contribution in [0.15, 0.2) is 94.5 Å². The van der Waals surface area contributed by atoms with E-state index in [2.05, 4.69) is 9.97 Å². The van der Waals surface area contributed by atoms with Crippen LogP contribution in [0, 0.1) is 0 Å². The largest absolute Gasteiger partial charge is 0.478 e. The number of carbonyl (C=O) groups is 4. The molecule has 294 valence electrons. The lowest BCUT2D eigenvalue weighted by Gasteiger charge is -2.32. The third-order valence-corrected chi connectivity index (χ3v) is 11.2. The van der Waals surface area contributed by atoms with Crippen LogP contribution in [-0.2, 0) is 4.74 Å². The Morgan fingerprint density at radius 1 is 0.632 bits per heavy atom. The Morgan fingerprint density at radius 3 is 1.44 bits per heavy atom. The van der Waals surface area contributed by atoms with Gasteiger partial charge in [-0.25, -0.2) is 19.2 Å². The molecule has 8 rings (SSSR count). The maximum Gasteiger partial charge on any atom is 0.337 e. The Kier molecular flexibility index (Phi) is 11.4. The summed E-state index contributed by atoms with van der Waals surface area (Å²) in [7, 11) is 1.32. The molecule has 0 unspecified atom stereocenters. The molecule has 2 amide bonds. The number of carboxylic acid groups (broad SMARTS) is 1. The maximum atomic E-state index is 12.8. The summed E-state index contributed by atoms with van der Waals surface area (Å²) in [5.41, 5.74) is 3.48. The van der Waals surface area contributed by atoms with Gasteiger partial charge in [0.1, 0.15) is 0 Å². The number of aromatic amines is 2. The third kappa shape index (κ3) is 7.96. The zero-order valence-corrected chi connectivity index (χ0v) is 32.3. The summed E-state index contributed by atoms with van der Waals surface area (Å²) in [5.74, 6) is -1.72. The number of imidazole rings is 2. The molecule has 16 heteroatoms. The van der Waals surface area contributed by atoms with Crippen molar-refractivity contribution < 1.29 is 29.0 Å². The van der Waals surface area contributed by atoms with Crippen LogP contribution in [0.3, 0.4) is 0 Å². The summed E-state index contributed by atoms with van der Waals surface area (Å²) in [6.45, 7) is 2.02. The van der Waals surface area contributed by atoms with Crippen molar-refractivity contribution in [1.29, 1.82) is 0 Å². The minimum atomic E-state index is -1.04. The van der Waals surface area contributed by atoms with E-state index < -0.39 is 11.9 Å². The van der Waals surface area contributed by atoms with E-state index in [1.807, 2.05) is 0 Å². The Hall–Kier alpha value is -6.12. The summed E-state index contributed by atoms with van der Waals surface area (Å²) in [4.78, 5) is 82.7. The molecule has 0 radical (unpaired) electrons. The van der Waals surface area contributed by atoms with Gasteiger partial charge in [-0.15, -0.1) is 0 Å². The van der Waals surface area contributed by atoms with Crippen molar-refractivity contribution in [2.75, 3.05) is 33.3 Å². The molecule has 0 spiro atoms. The molecule has 2 aromatic heterocycles. The second-order valence-corrected chi connectivity index (χ2v) is 14.7. The molecule has 0 bridgehead atoms. The molecule has 14 nitrogen and oxygen atoms in total. The van der Waals surface area contributed by atoms with Gasteiger partial charge in [0.15, 0.2) is 0 Å². The van der Waals surface area contributed by atoms with Crippen molar-refractivity contribution >= 4 is 69.0 Å². The molecular formula is C41H38Cl2N6O8. The van der Waals surface area contributed by atoms with Gasteiger partial charge >= 0.3 is 23.3 Å². The van der Waals surface area contributed by atoms with E-state index in [0.29, 0.717) is 101 Å². The number of amides is 2. The minimum absolute atomic E-state index is 0.0700. The quantitative estimate of drug-likeness (QED) is 0.162. The van der Waals surface area contributed by atoms with Crippen LogP contribution >= 0.6 is 23.2 Å². The van der Waals surface area contributed by atoms with Gasteiger partial charge in [-0.2, -0.15) is 0 Å². The zero-order chi connectivity index (χ0) is 40.4. The standard InChI is InChI=1S/C21H20ClN3O4.C20H18ClN3O4/c1-29-20(27)13-6-7-17-18(12-13)25(21(28)23-17)14-8-10-24(11-9-14)19(26)15-4-2-3-5-16(15)22;21-15-4-2-1-3-14(15)18(25)23-9-7-13(8-10-23)24-17-11-12(19(26)27)5-6-16(17)22-20(24)28/h2-7,12,14H,8-11H2,1H3,(H,23,28);1-6,11,13H,7-10H2,(H,22,28)(H,26,27). The SMILES string of the molecule is COC(=O)c1ccc2[nH]c(=O)n(C3CCN(C(=O)c4ccccc4Cl)CC3)c2c1.O=C(O)c1ccc2[nH]c(=O)n(C3CCN(C(=O)c4ccccc4Cl)CC3)c2c1. The van der Waals surface area contributed by atoms with Crippen LogP contribution in [0.1, 0.15) is 79.2 Å². The molecule has 57 heavy (non-hydrogen) atoms. The number of halogens is 2. The molecule has 4 aromatic carbocycles. The molecule has 6 aromatic rings. The number of hydrogen-bond acceptors (Lipinski definition) is 7. The van der Waals surface area contributed by atoms with Crippen LogP contribution in [0.2, 0.25) is 10.0 Å². The first kappa shape index (κ1) is 39.1. The van der Waals surface area contributed by atoms with E-state index in [9.17, 15) is 33.9 Å². The topological polar surface area (TPSA) is 180 Å². The van der Waals surface area contributed by atoms with Gasteiger partial charge in [0.2, 0.25) is 0 Å². The number of carboxylic acids is 1. The van der Waals surface area contributed by atoms with Crippen LogP contribution in [0.25, 0.3) is 22.1 Å². The van der Waals surface area contributed by atoms with E-state index in [-0.39, 0.29) is 40.8 Å². The smallest absolute Gasteiger partial charge is 0.337 e. The molecule has 3 N–H and O–H groups in total. The number of piperidine rings is 2. The summed E-state index contributed by atoms with van der Waals surface area (Å²) < 4.78 is 8.07. The fourth-order valence-corrected chi connectivity index (χ4v) is 8.04. The normalized spacial score (nSPS) is 15.0. The number of ether oxygens (including phenoxy) is 1. The average molecular weight is 814 g/mol. The predicted octanol–water partition coefficient (Wildman–Crippen LogP) is 6.41. The van der Waals surface area contributed by atoms with E-state index in [0.717, 1.165) is 0 Å². The molecule has 2 fully saturated rings. The second kappa shape index (κ2) is 16.5. The van der Waals surface area contributed by atoms with Gasteiger partial charge in [0.05, 0.1) is 61.5 Å². The van der Waals surface area contributed by atoms with Crippen LogP contribution < -0.4 is 11.4 Å². The first-order valence-electron chi connectivity index (χ1n) is 18.3. The molecule has 0 atom stereocenters. The van der Waals surface area contributed by atoms with Gasteiger partial charge in [0.25, 0.3) is 11.8 Å². The second-order valence-electron chi connectivity index (χ2n) is 13.9. The number of aromatic nitrogens is 4. The van der Waals surface area contributed by atoms with Crippen molar-refractivity contribution in [3.05, 3.63) is 138 Å². The fourth-order valence-electron chi connectivity index (χ4n) is 7.61. The summed E-state index contributed by atoms with van der Waals surface area (Å²) in [6.07, 6.45) is 2.46. The van der Waals surface area contributed by atoms with Gasteiger partial charge < -0.3 is 29.6 Å². The number of H-pyrrole nitrogens is 2.